The number of aliphatic imine (C=N–C) groups is 1. The van der Waals surface area contributed by atoms with Crippen molar-refractivity contribution in [3.63, 3.8) is 0 Å². The lowest BCUT2D eigenvalue weighted by Gasteiger charge is -2.10. The number of aromatic nitrogens is 2. The highest BCUT2D eigenvalue weighted by atomic mass is 127. The number of carbonyl (C=O) groups excluding carboxylic acids is 2. The van der Waals surface area contributed by atoms with Crippen molar-refractivity contribution < 1.29 is 9.59 Å². The van der Waals surface area contributed by atoms with Gasteiger partial charge in [0.1, 0.15) is 12.2 Å². The van der Waals surface area contributed by atoms with E-state index in [1.165, 1.54) is 18.5 Å². The van der Waals surface area contributed by atoms with Gasteiger partial charge in [-0.15, -0.1) is 0 Å². The zero-order valence-corrected chi connectivity index (χ0v) is 20.7. The van der Waals surface area contributed by atoms with Gasteiger partial charge in [-0.25, -0.2) is 9.79 Å². The van der Waals surface area contributed by atoms with Crippen molar-refractivity contribution in [2.24, 2.45) is 10.7 Å². The first kappa shape index (κ1) is 24.4. The molecule has 0 radical (unpaired) electrons. The van der Waals surface area contributed by atoms with Crippen LogP contribution >= 0.6 is 34.2 Å². The number of amides is 2. The largest absolute Gasteiger partial charge is 0.382 e. The molecule has 0 spiro atoms. The van der Waals surface area contributed by atoms with Gasteiger partial charge in [0.05, 0.1) is 33.9 Å². The second-order valence-electron chi connectivity index (χ2n) is 7.31. The first-order chi connectivity index (χ1) is 15.7. The number of urea groups is 1. The van der Waals surface area contributed by atoms with E-state index in [2.05, 4.69) is 48.2 Å². The van der Waals surface area contributed by atoms with Crippen molar-refractivity contribution >= 4 is 69.6 Å². The Kier molecular flexibility index (Phi) is 7.82. The van der Waals surface area contributed by atoms with E-state index in [1.54, 1.807) is 18.2 Å². The van der Waals surface area contributed by atoms with Crippen LogP contribution in [0, 0.1) is 8.98 Å². The fraction of sp³-hybridized carbons (Fsp3) is 0.136. The van der Waals surface area contributed by atoms with E-state index in [9.17, 15) is 9.59 Å². The molecule has 2 amide bonds. The molecule has 0 aliphatic rings. The summed E-state index contributed by atoms with van der Waals surface area (Å²) in [4.78, 5) is 36.6. The van der Waals surface area contributed by atoms with E-state index in [4.69, 9.17) is 22.7 Å². The molecule has 33 heavy (non-hydrogen) atoms. The number of aromatic amines is 1. The number of hydrogen-bond donors (Lipinski definition) is 5. The SMILES string of the molecule is CC(C)c1cc(C(=O)c2cncc(NC(=O)Nc3ccc(I)cc3Cl)c2)c(C(N)=NC=N)[nH]1. The predicted octanol–water partition coefficient (Wildman–Crippen LogP) is 4.98. The fourth-order valence-electron chi connectivity index (χ4n) is 2.97. The third-order valence-electron chi connectivity index (χ3n) is 4.60. The van der Waals surface area contributed by atoms with E-state index >= 15 is 0 Å². The lowest BCUT2D eigenvalue weighted by atomic mass is 10.0. The summed E-state index contributed by atoms with van der Waals surface area (Å²) in [5, 5.41) is 12.9. The highest BCUT2D eigenvalue weighted by Crippen LogP contribution is 2.25. The number of nitrogens with two attached hydrogens (primary N) is 1. The van der Waals surface area contributed by atoms with Crippen LogP contribution in [0.25, 0.3) is 0 Å². The Morgan fingerprint density at radius 3 is 2.67 bits per heavy atom. The molecule has 0 atom stereocenters. The molecule has 0 aliphatic heterocycles. The molecule has 2 aromatic heterocycles. The minimum absolute atomic E-state index is 0.0243. The Morgan fingerprint density at radius 2 is 2.00 bits per heavy atom. The molecule has 0 fully saturated rings. The van der Waals surface area contributed by atoms with Crippen molar-refractivity contribution in [1.82, 2.24) is 9.97 Å². The zero-order chi connectivity index (χ0) is 24.1. The fourth-order valence-corrected chi connectivity index (χ4v) is 3.87. The number of benzene rings is 1. The Labute approximate surface area is 208 Å². The van der Waals surface area contributed by atoms with Gasteiger partial charge in [-0.3, -0.25) is 15.2 Å². The topological polar surface area (TPSA) is 149 Å². The van der Waals surface area contributed by atoms with Crippen molar-refractivity contribution in [3.05, 3.63) is 73.8 Å². The number of nitrogens with one attached hydrogen (secondary N) is 4. The average molecular weight is 578 g/mol. The number of carbonyl (C=O) groups is 2. The Morgan fingerprint density at radius 1 is 1.24 bits per heavy atom. The van der Waals surface area contributed by atoms with Crippen LogP contribution in [0.1, 0.15) is 47.1 Å². The number of H-pyrrole nitrogens is 1. The van der Waals surface area contributed by atoms with Crippen LogP contribution in [0.15, 0.2) is 47.7 Å². The van der Waals surface area contributed by atoms with E-state index in [-0.39, 0.29) is 23.1 Å². The Hall–Kier alpha value is -3.25. The van der Waals surface area contributed by atoms with Crippen molar-refractivity contribution in [3.8, 4) is 0 Å². The van der Waals surface area contributed by atoms with Crippen molar-refractivity contribution in [1.29, 1.82) is 5.41 Å². The molecule has 0 aliphatic carbocycles. The van der Waals surface area contributed by atoms with E-state index in [0.717, 1.165) is 15.6 Å². The summed E-state index contributed by atoms with van der Waals surface area (Å²) in [6.45, 7) is 3.94. The molecule has 0 saturated carbocycles. The third kappa shape index (κ3) is 5.96. The van der Waals surface area contributed by atoms with Gasteiger partial charge in [-0.05, 0) is 58.8 Å². The number of ketones is 1. The number of rotatable bonds is 7. The number of amidine groups is 1. The monoisotopic (exact) mass is 577 g/mol. The number of nitrogens with zero attached hydrogens (tertiary/aromatic N) is 2. The summed E-state index contributed by atoms with van der Waals surface area (Å²) in [5.41, 5.74) is 8.40. The maximum Gasteiger partial charge on any atom is 0.323 e. The molecule has 2 heterocycles. The molecule has 9 nitrogen and oxygen atoms in total. The first-order valence-corrected chi connectivity index (χ1v) is 11.2. The van der Waals surface area contributed by atoms with Gasteiger partial charge in [-0.1, -0.05) is 25.4 Å². The van der Waals surface area contributed by atoms with Gasteiger partial charge >= 0.3 is 6.03 Å². The Balaban J connectivity index is 1.84. The first-order valence-electron chi connectivity index (χ1n) is 9.78. The van der Waals surface area contributed by atoms with Crippen LogP contribution in [0.3, 0.4) is 0 Å². The van der Waals surface area contributed by atoms with Crippen LogP contribution in [0.5, 0.6) is 0 Å². The summed E-state index contributed by atoms with van der Waals surface area (Å²) >= 11 is 8.28. The molecular weight excluding hydrogens is 557 g/mol. The van der Waals surface area contributed by atoms with E-state index in [1.807, 2.05) is 19.9 Å². The molecule has 3 aromatic rings. The summed E-state index contributed by atoms with van der Waals surface area (Å²) < 4.78 is 0.940. The third-order valence-corrected chi connectivity index (χ3v) is 5.59. The highest BCUT2D eigenvalue weighted by Gasteiger charge is 2.21. The lowest BCUT2D eigenvalue weighted by Crippen LogP contribution is -2.20. The number of anilines is 2. The molecule has 0 saturated heterocycles. The molecule has 170 valence electrons. The van der Waals surface area contributed by atoms with Crippen molar-refractivity contribution in [2.45, 2.75) is 19.8 Å². The van der Waals surface area contributed by atoms with Crippen LogP contribution in [0.2, 0.25) is 5.02 Å². The predicted molar refractivity (Wildman–Crippen MR) is 139 cm³/mol. The standard InChI is InChI=1S/C22H21ClIN7O2/c1-11(2)18-7-15(19(30-18)21(26)28-10-25)20(32)12-5-14(9-27-8-12)29-22(33)31-17-4-3-13(24)6-16(17)23/h3-11,30H,1-2H3,(H3,25,26,28)(H2,29,31,33). The number of hydrogen-bond acceptors (Lipinski definition) is 4. The smallest absolute Gasteiger partial charge is 0.323 e. The number of halogens is 2. The van der Waals surface area contributed by atoms with Crippen molar-refractivity contribution in [2.75, 3.05) is 10.6 Å². The van der Waals surface area contributed by atoms with Gasteiger partial charge in [0.15, 0.2) is 5.78 Å². The van der Waals surface area contributed by atoms with E-state index < -0.39 is 6.03 Å². The number of pyridine rings is 1. The van der Waals surface area contributed by atoms with Crippen LogP contribution < -0.4 is 16.4 Å². The summed E-state index contributed by atoms with van der Waals surface area (Å²) in [5.74, 6) is -0.217. The summed E-state index contributed by atoms with van der Waals surface area (Å²) in [6.07, 6.45) is 3.63. The second kappa shape index (κ2) is 10.6. The minimum atomic E-state index is -0.531. The lowest BCUT2D eigenvalue weighted by molar-refractivity contribution is 0.103. The Bertz CT molecular complexity index is 1250. The zero-order valence-electron chi connectivity index (χ0n) is 17.7. The van der Waals surface area contributed by atoms with Crippen LogP contribution in [-0.4, -0.2) is 34.0 Å². The molecule has 0 bridgehead atoms. The molecule has 11 heteroatoms. The average Bonchev–Trinajstić information content (AvgIpc) is 3.21. The van der Waals surface area contributed by atoms with Gasteiger partial charge < -0.3 is 21.4 Å². The minimum Gasteiger partial charge on any atom is -0.382 e. The second-order valence-corrected chi connectivity index (χ2v) is 8.96. The molecule has 0 unspecified atom stereocenters. The summed E-state index contributed by atoms with van der Waals surface area (Å²) in [7, 11) is 0. The normalized spacial score (nSPS) is 11.4. The van der Waals surface area contributed by atoms with Gasteiger partial charge in [-0.2, -0.15) is 0 Å². The molecular formula is C22H21ClIN7O2. The maximum absolute atomic E-state index is 13.2. The van der Waals surface area contributed by atoms with Gasteiger partial charge in [0.2, 0.25) is 0 Å². The maximum atomic E-state index is 13.2. The van der Waals surface area contributed by atoms with Crippen LogP contribution in [-0.2, 0) is 0 Å². The summed E-state index contributed by atoms with van der Waals surface area (Å²) in [6, 6.07) is 7.93. The van der Waals surface area contributed by atoms with Gasteiger partial charge in [0.25, 0.3) is 0 Å². The highest BCUT2D eigenvalue weighted by molar-refractivity contribution is 14.1. The molecule has 3 rings (SSSR count). The molecule has 6 N–H and O–H groups in total. The molecule has 1 aromatic carbocycles. The quantitative estimate of drug-likeness (QED) is 0.117. The van der Waals surface area contributed by atoms with Gasteiger partial charge in [0, 0.05) is 21.0 Å². The van der Waals surface area contributed by atoms with E-state index in [0.29, 0.717) is 27.7 Å². The van der Waals surface area contributed by atoms with Crippen LogP contribution in [0.4, 0.5) is 16.2 Å².